The van der Waals surface area contributed by atoms with Crippen LogP contribution in [0.3, 0.4) is 0 Å². The van der Waals surface area contributed by atoms with Crippen LogP contribution in [-0.2, 0) is 4.74 Å². The predicted octanol–water partition coefficient (Wildman–Crippen LogP) is 2.70. The van der Waals surface area contributed by atoms with E-state index in [0.29, 0.717) is 25.4 Å². The molecule has 0 aliphatic rings. The number of ether oxygens (including phenoxy) is 1. The molecule has 0 bridgehead atoms. The molecule has 0 fully saturated rings. The standard InChI is InChI=1S/C13H15FN2O/c1-10(2)9-17-7-6-16-13-5-3-4-12(14)11(13)8-15/h3-5,16H,1,6-7,9H2,2H3. The van der Waals surface area contributed by atoms with Crippen LogP contribution in [0, 0.1) is 17.1 Å². The van der Waals surface area contributed by atoms with Crippen LogP contribution in [0.15, 0.2) is 30.4 Å². The second-order valence-electron chi connectivity index (χ2n) is 3.71. The third kappa shape index (κ3) is 4.25. The molecule has 4 heteroatoms. The van der Waals surface area contributed by atoms with Gasteiger partial charge < -0.3 is 10.1 Å². The number of benzene rings is 1. The summed E-state index contributed by atoms with van der Waals surface area (Å²) < 4.78 is 18.5. The Balaban J connectivity index is 2.45. The monoisotopic (exact) mass is 234 g/mol. The van der Waals surface area contributed by atoms with Gasteiger partial charge in [0.15, 0.2) is 0 Å². The van der Waals surface area contributed by atoms with Crippen molar-refractivity contribution in [1.82, 2.24) is 0 Å². The topological polar surface area (TPSA) is 45.0 Å². The van der Waals surface area contributed by atoms with Gasteiger partial charge in [-0.25, -0.2) is 4.39 Å². The Bertz CT molecular complexity index is 438. The molecular formula is C13H15FN2O. The maximum absolute atomic E-state index is 13.2. The number of rotatable bonds is 6. The minimum absolute atomic E-state index is 0.0346. The average molecular weight is 234 g/mol. The molecule has 0 heterocycles. The molecule has 1 aromatic carbocycles. The minimum atomic E-state index is -0.514. The van der Waals surface area contributed by atoms with E-state index in [-0.39, 0.29) is 5.56 Å². The van der Waals surface area contributed by atoms with Crippen LogP contribution in [0.4, 0.5) is 10.1 Å². The molecule has 1 rings (SSSR count). The lowest BCUT2D eigenvalue weighted by molar-refractivity contribution is 0.167. The molecule has 17 heavy (non-hydrogen) atoms. The third-order valence-electron chi connectivity index (χ3n) is 2.04. The van der Waals surface area contributed by atoms with Crippen molar-refractivity contribution < 1.29 is 9.13 Å². The van der Waals surface area contributed by atoms with Gasteiger partial charge in [-0.3, -0.25) is 0 Å². The fraction of sp³-hybridized carbons (Fsp3) is 0.308. The first-order chi connectivity index (χ1) is 8.15. The number of anilines is 1. The zero-order chi connectivity index (χ0) is 12.7. The Kier molecular flexibility index (Phi) is 5.18. The molecule has 0 radical (unpaired) electrons. The van der Waals surface area contributed by atoms with Crippen LogP contribution in [-0.4, -0.2) is 19.8 Å². The summed E-state index contributed by atoms with van der Waals surface area (Å²) in [7, 11) is 0. The summed E-state index contributed by atoms with van der Waals surface area (Å²) in [5.74, 6) is -0.514. The first-order valence-electron chi connectivity index (χ1n) is 5.29. The van der Waals surface area contributed by atoms with E-state index in [0.717, 1.165) is 5.57 Å². The Morgan fingerprint density at radius 1 is 1.59 bits per heavy atom. The van der Waals surface area contributed by atoms with Crippen molar-refractivity contribution in [1.29, 1.82) is 5.26 Å². The van der Waals surface area contributed by atoms with E-state index in [2.05, 4.69) is 11.9 Å². The van der Waals surface area contributed by atoms with Crippen LogP contribution in [0.2, 0.25) is 0 Å². The predicted molar refractivity (Wildman–Crippen MR) is 65.2 cm³/mol. The highest BCUT2D eigenvalue weighted by molar-refractivity contribution is 5.57. The van der Waals surface area contributed by atoms with E-state index < -0.39 is 5.82 Å². The van der Waals surface area contributed by atoms with Crippen molar-refractivity contribution in [3.05, 3.63) is 41.7 Å². The number of nitrogens with zero attached hydrogens (tertiary/aromatic N) is 1. The SMILES string of the molecule is C=C(C)COCCNc1cccc(F)c1C#N. The maximum atomic E-state index is 13.2. The number of nitrogens with one attached hydrogen (secondary N) is 1. The van der Waals surface area contributed by atoms with Gasteiger partial charge in [-0.2, -0.15) is 5.26 Å². The van der Waals surface area contributed by atoms with Gasteiger partial charge in [0.25, 0.3) is 0 Å². The van der Waals surface area contributed by atoms with Gasteiger partial charge >= 0.3 is 0 Å². The Labute approximate surface area is 101 Å². The number of hydrogen-bond donors (Lipinski definition) is 1. The molecule has 0 aliphatic heterocycles. The van der Waals surface area contributed by atoms with Crippen molar-refractivity contribution in [3.63, 3.8) is 0 Å². The van der Waals surface area contributed by atoms with E-state index in [1.54, 1.807) is 12.1 Å². The largest absolute Gasteiger partial charge is 0.382 e. The van der Waals surface area contributed by atoms with Gasteiger partial charge in [0.1, 0.15) is 17.4 Å². The summed E-state index contributed by atoms with van der Waals surface area (Å²) in [6, 6.07) is 6.33. The van der Waals surface area contributed by atoms with E-state index in [1.807, 2.05) is 13.0 Å². The molecule has 90 valence electrons. The van der Waals surface area contributed by atoms with E-state index >= 15 is 0 Å². The lowest BCUT2D eigenvalue weighted by Gasteiger charge is -2.09. The summed E-state index contributed by atoms with van der Waals surface area (Å²) in [6.07, 6.45) is 0. The quantitative estimate of drug-likeness (QED) is 0.608. The molecule has 0 aliphatic carbocycles. The summed E-state index contributed by atoms with van der Waals surface area (Å²) in [5, 5.41) is 11.8. The summed E-state index contributed by atoms with van der Waals surface area (Å²) >= 11 is 0. The number of nitriles is 1. The number of hydrogen-bond acceptors (Lipinski definition) is 3. The molecule has 3 nitrogen and oxygen atoms in total. The zero-order valence-corrected chi connectivity index (χ0v) is 9.79. The van der Waals surface area contributed by atoms with Crippen LogP contribution < -0.4 is 5.32 Å². The highest BCUT2D eigenvalue weighted by atomic mass is 19.1. The Morgan fingerprint density at radius 2 is 2.35 bits per heavy atom. The molecule has 0 aromatic heterocycles. The fourth-order valence-corrected chi connectivity index (χ4v) is 1.29. The highest BCUT2D eigenvalue weighted by Crippen LogP contribution is 2.17. The van der Waals surface area contributed by atoms with Gasteiger partial charge in [-0.15, -0.1) is 0 Å². The first-order valence-corrected chi connectivity index (χ1v) is 5.29. The van der Waals surface area contributed by atoms with Crippen molar-refractivity contribution in [2.24, 2.45) is 0 Å². The van der Waals surface area contributed by atoms with Crippen molar-refractivity contribution in [3.8, 4) is 6.07 Å². The highest BCUT2D eigenvalue weighted by Gasteiger charge is 2.06. The zero-order valence-electron chi connectivity index (χ0n) is 9.79. The van der Waals surface area contributed by atoms with Gasteiger partial charge in [0.2, 0.25) is 0 Å². The molecule has 0 amide bonds. The molecular weight excluding hydrogens is 219 g/mol. The average Bonchev–Trinajstić information content (AvgIpc) is 2.28. The molecule has 1 N–H and O–H groups in total. The Hall–Kier alpha value is -1.86. The molecule has 1 aromatic rings. The summed E-state index contributed by atoms with van der Waals surface area (Å²) in [5.41, 5.74) is 1.48. The summed E-state index contributed by atoms with van der Waals surface area (Å²) in [4.78, 5) is 0. The van der Waals surface area contributed by atoms with Gasteiger partial charge in [0.05, 0.1) is 18.9 Å². The maximum Gasteiger partial charge on any atom is 0.143 e. The van der Waals surface area contributed by atoms with Gasteiger partial charge in [0, 0.05) is 6.54 Å². The Morgan fingerprint density at radius 3 is 3.00 bits per heavy atom. The van der Waals surface area contributed by atoms with Crippen LogP contribution in [0.1, 0.15) is 12.5 Å². The van der Waals surface area contributed by atoms with Crippen molar-refractivity contribution in [2.45, 2.75) is 6.92 Å². The van der Waals surface area contributed by atoms with Crippen LogP contribution in [0.5, 0.6) is 0 Å². The summed E-state index contributed by atoms with van der Waals surface area (Å²) in [6.45, 7) is 7.10. The third-order valence-corrected chi connectivity index (χ3v) is 2.04. The van der Waals surface area contributed by atoms with E-state index in [9.17, 15) is 4.39 Å². The van der Waals surface area contributed by atoms with E-state index in [4.69, 9.17) is 10.00 Å². The normalized spacial score (nSPS) is 9.71. The fourth-order valence-electron chi connectivity index (χ4n) is 1.29. The lowest BCUT2D eigenvalue weighted by Crippen LogP contribution is -2.11. The van der Waals surface area contributed by atoms with Crippen molar-refractivity contribution >= 4 is 5.69 Å². The number of halogens is 1. The molecule has 0 saturated carbocycles. The minimum Gasteiger partial charge on any atom is -0.382 e. The van der Waals surface area contributed by atoms with Crippen molar-refractivity contribution in [2.75, 3.05) is 25.1 Å². The molecule has 0 unspecified atom stereocenters. The second kappa shape index (κ2) is 6.66. The van der Waals surface area contributed by atoms with Gasteiger partial charge in [-0.1, -0.05) is 18.2 Å². The van der Waals surface area contributed by atoms with E-state index in [1.165, 1.54) is 6.07 Å². The van der Waals surface area contributed by atoms with Gasteiger partial charge in [-0.05, 0) is 19.1 Å². The second-order valence-corrected chi connectivity index (χ2v) is 3.71. The first kappa shape index (κ1) is 13.2. The lowest BCUT2D eigenvalue weighted by atomic mass is 10.2. The molecule has 0 atom stereocenters. The van der Waals surface area contributed by atoms with Crippen LogP contribution >= 0.6 is 0 Å². The smallest absolute Gasteiger partial charge is 0.143 e. The van der Waals surface area contributed by atoms with Crippen LogP contribution in [0.25, 0.3) is 0 Å². The molecule has 0 saturated heterocycles. The molecule has 0 spiro atoms.